The van der Waals surface area contributed by atoms with Crippen LogP contribution in [0.3, 0.4) is 0 Å². The molecular formula is C20H17F3N2O3. The summed E-state index contributed by atoms with van der Waals surface area (Å²) < 4.78 is 48.2. The van der Waals surface area contributed by atoms with Crippen LogP contribution in [0, 0.1) is 0 Å². The molecule has 0 fully saturated rings. The van der Waals surface area contributed by atoms with E-state index in [0.29, 0.717) is 29.1 Å². The van der Waals surface area contributed by atoms with Crippen LogP contribution in [0.4, 0.5) is 13.2 Å². The predicted octanol–water partition coefficient (Wildman–Crippen LogP) is 4.34. The summed E-state index contributed by atoms with van der Waals surface area (Å²) in [6.45, 7) is 0.251. The minimum atomic E-state index is -4.36. The van der Waals surface area contributed by atoms with Gasteiger partial charge in [0, 0.05) is 12.6 Å². The van der Waals surface area contributed by atoms with E-state index in [0.717, 1.165) is 12.1 Å². The molecule has 146 valence electrons. The van der Waals surface area contributed by atoms with Crippen molar-refractivity contribution in [3.05, 3.63) is 71.4 Å². The van der Waals surface area contributed by atoms with Crippen molar-refractivity contribution in [2.24, 2.45) is 0 Å². The van der Waals surface area contributed by atoms with Gasteiger partial charge >= 0.3 is 6.18 Å². The first-order valence-electron chi connectivity index (χ1n) is 8.43. The van der Waals surface area contributed by atoms with Crippen LogP contribution in [-0.2, 0) is 12.6 Å². The molecule has 0 saturated heterocycles. The van der Waals surface area contributed by atoms with E-state index in [1.54, 1.807) is 12.1 Å². The molecule has 2 aromatic carbocycles. The molecule has 1 amide bonds. The molecule has 8 heteroatoms. The molecule has 0 aliphatic rings. The number of hydrogen-bond acceptors (Lipinski definition) is 4. The van der Waals surface area contributed by atoms with Crippen LogP contribution in [0.25, 0.3) is 11.3 Å². The minimum Gasteiger partial charge on any atom is -0.496 e. The molecule has 1 heterocycles. The quantitative estimate of drug-likeness (QED) is 0.680. The third kappa shape index (κ3) is 4.51. The second kappa shape index (κ2) is 8.16. The van der Waals surface area contributed by atoms with Crippen LogP contribution in [0.15, 0.2) is 59.1 Å². The SMILES string of the molecule is COc1ccccc1-c1cc(C(=O)NCCc2ccc(C(F)(F)F)cc2)no1. The lowest BCUT2D eigenvalue weighted by atomic mass is 10.1. The molecule has 0 spiro atoms. The number of carbonyl (C=O) groups is 1. The second-order valence-corrected chi connectivity index (χ2v) is 5.98. The van der Waals surface area contributed by atoms with Gasteiger partial charge in [0.15, 0.2) is 11.5 Å². The zero-order valence-electron chi connectivity index (χ0n) is 14.9. The first-order chi connectivity index (χ1) is 13.4. The molecule has 1 aromatic heterocycles. The molecule has 3 aromatic rings. The predicted molar refractivity (Wildman–Crippen MR) is 96.0 cm³/mol. The Kier molecular flexibility index (Phi) is 5.67. The van der Waals surface area contributed by atoms with Crippen molar-refractivity contribution in [3.8, 4) is 17.1 Å². The third-order valence-electron chi connectivity index (χ3n) is 4.10. The van der Waals surface area contributed by atoms with Gasteiger partial charge in [-0.2, -0.15) is 13.2 Å². The number of amides is 1. The maximum Gasteiger partial charge on any atom is 0.416 e. The van der Waals surface area contributed by atoms with E-state index >= 15 is 0 Å². The van der Waals surface area contributed by atoms with Crippen LogP contribution in [0.5, 0.6) is 5.75 Å². The topological polar surface area (TPSA) is 64.4 Å². The Hall–Kier alpha value is -3.29. The molecule has 0 saturated carbocycles. The van der Waals surface area contributed by atoms with E-state index in [1.165, 1.54) is 25.3 Å². The van der Waals surface area contributed by atoms with Gasteiger partial charge in [0.2, 0.25) is 0 Å². The van der Waals surface area contributed by atoms with Crippen molar-refractivity contribution in [1.82, 2.24) is 10.5 Å². The number of rotatable bonds is 6. The van der Waals surface area contributed by atoms with Crippen molar-refractivity contribution >= 4 is 5.91 Å². The van der Waals surface area contributed by atoms with Crippen LogP contribution in [-0.4, -0.2) is 24.7 Å². The number of nitrogens with zero attached hydrogens (tertiary/aromatic N) is 1. The highest BCUT2D eigenvalue weighted by atomic mass is 19.4. The van der Waals surface area contributed by atoms with E-state index in [9.17, 15) is 18.0 Å². The second-order valence-electron chi connectivity index (χ2n) is 5.98. The molecule has 28 heavy (non-hydrogen) atoms. The van der Waals surface area contributed by atoms with Gasteiger partial charge in [-0.05, 0) is 36.2 Å². The first-order valence-corrected chi connectivity index (χ1v) is 8.43. The number of para-hydroxylation sites is 1. The number of carbonyl (C=O) groups excluding carboxylic acids is 1. The van der Waals surface area contributed by atoms with Crippen molar-refractivity contribution in [3.63, 3.8) is 0 Å². The third-order valence-corrected chi connectivity index (χ3v) is 4.10. The average molecular weight is 390 g/mol. The van der Waals surface area contributed by atoms with Gasteiger partial charge in [-0.15, -0.1) is 0 Å². The maximum absolute atomic E-state index is 12.6. The fraction of sp³-hybridized carbons (Fsp3) is 0.200. The van der Waals surface area contributed by atoms with Crippen molar-refractivity contribution in [2.45, 2.75) is 12.6 Å². The summed E-state index contributed by atoms with van der Waals surface area (Å²) in [5.41, 5.74) is 0.754. The molecule has 0 unspecified atom stereocenters. The Morgan fingerprint density at radius 3 is 2.54 bits per heavy atom. The molecular weight excluding hydrogens is 373 g/mol. The lowest BCUT2D eigenvalue weighted by Crippen LogP contribution is -2.25. The lowest BCUT2D eigenvalue weighted by Gasteiger charge is -2.08. The van der Waals surface area contributed by atoms with E-state index < -0.39 is 17.6 Å². The van der Waals surface area contributed by atoms with E-state index in [1.807, 2.05) is 12.1 Å². The van der Waals surface area contributed by atoms with Crippen molar-refractivity contribution in [2.75, 3.05) is 13.7 Å². The largest absolute Gasteiger partial charge is 0.496 e. The molecule has 0 aliphatic heterocycles. The lowest BCUT2D eigenvalue weighted by molar-refractivity contribution is -0.137. The number of benzene rings is 2. The van der Waals surface area contributed by atoms with Gasteiger partial charge in [-0.25, -0.2) is 0 Å². The monoisotopic (exact) mass is 390 g/mol. The van der Waals surface area contributed by atoms with E-state index in [2.05, 4.69) is 10.5 Å². The zero-order valence-corrected chi connectivity index (χ0v) is 14.9. The number of alkyl halides is 3. The molecule has 0 bridgehead atoms. The Morgan fingerprint density at radius 2 is 1.86 bits per heavy atom. The molecule has 5 nitrogen and oxygen atoms in total. The van der Waals surface area contributed by atoms with Gasteiger partial charge in [0.1, 0.15) is 5.75 Å². The summed E-state index contributed by atoms with van der Waals surface area (Å²) in [5, 5.41) is 6.44. The number of nitrogens with one attached hydrogen (secondary N) is 1. The summed E-state index contributed by atoms with van der Waals surface area (Å²) in [7, 11) is 1.53. The Balaban J connectivity index is 1.58. The van der Waals surface area contributed by atoms with Gasteiger partial charge in [-0.1, -0.05) is 29.4 Å². The fourth-order valence-electron chi connectivity index (χ4n) is 2.63. The maximum atomic E-state index is 12.6. The summed E-state index contributed by atoms with van der Waals surface area (Å²) in [5.74, 6) is 0.551. The molecule has 0 aliphatic carbocycles. The average Bonchev–Trinajstić information content (AvgIpc) is 3.18. The minimum absolute atomic E-state index is 0.105. The standard InChI is InChI=1S/C20H17F3N2O3/c1-27-17-5-3-2-4-15(17)18-12-16(25-28-18)19(26)24-11-10-13-6-8-14(9-7-13)20(21,22)23/h2-9,12H,10-11H2,1H3,(H,24,26). The highest BCUT2D eigenvalue weighted by Crippen LogP contribution is 2.30. The van der Waals surface area contributed by atoms with Gasteiger partial charge in [0.05, 0.1) is 18.2 Å². The van der Waals surface area contributed by atoms with Crippen LogP contribution < -0.4 is 10.1 Å². The summed E-state index contributed by atoms with van der Waals surface area (Å²) in [6.07, 6.45) is -3.97. The summed E-state index contributed by atoms with van der Waals surface area (Å²) in [4.78, 5) is 12.2. The molecule has 0 atom stereocenters. The van der Waals surface area contributed by atoms with Gasteiger partial charge in [0.25, 0.3) is 5.91 Å². The zero-order chi connectivity index (χ0) is 20.1. The highest BCUT2D eigenvalue weighted by molar-refractivity contribution is 5.93. The molecule has 0 radical (unpaired) electrons. The van der Waals surface area contributed by atoms with Crippen LogP contribution in [0.1, 0.15) is 21.6 Å². The van der Waals surface area contributed by atoms with Gasteiger partial charge < -0.3 is 14.6 Å². The van der Waals surface area contributed by atoms with E-state index in [-0.39, 0.29) is 12.2 Å². The Morgan fingerprint density at radius 1 is 1.14 bits per heavy atom. The number of ether oxygens (including phenoxy) is 1. The number of methoxy groups -OCH3 is 1. The Labute approximate surface area is 159 Å². The van der Waals surface area contributed by atoms with Gasteiger partial charge in [-0.3, -0.25) is 4.79 Å². The number of halogens is 3. The number of aromatic nitrogens is 1. The van der Waals surface area contributed by atoms with Crippen molar-refractivity contribution in [1.29, 1.82) is 0 Å². The first kappa shape index (κ1) is 19.5. The molecule has 3 rings (SSSR count). The van der Waals surface area contributed by atoms with Crippen LogP contribution in [0.2, 0.25) is 0 Å². The van der Waals surface area contributed by atoms with Crippen LogP contribution >= 0.6 is 0 Å². The summed E-state index contributed by atoms with van der Waals surface area (Å²) in [6, 6.07) is 13.5. The Bertz CT molecular complexity index is 950. The highest BCUT2D eigenvalue weighted by Gasteiger charge is 2.29. The number of hydrogen-bond donors (Lipinski definition) is 1. The smallest absolute Gasteiger partial charge is 0.416 e. The fourth-order valence-corrected chi connectivity index (χ4v) is 2.63. The van der Waals surface area contributed by atoms with E-state index in [4.69, 9.17) is 9.26 Å². The van der Waals surface area contributed by atoms with Crippen molar-refractivity contribution < 1.29 is 27.2 Å². The normalized spacial score (nSPS) is 11.3. The summed E-state index contributed by atoms with van der Waals surface area (Å²) >= 11 is 0. The molecule has 1 N–H and O–H groups in total.